The van der Waals surface area contributed by atoms with E-state index in [-0.39, 0.29) is 18.1 Å². The van der Waals surface area contributed by atoms with Gasteiger partial charge in [-0.2, -0.15) is 0 Å². The molecule has 0 saturated carbocycles. The Kier molecular flexibility index (Phi) is 4.36. The number of hydrogen-bond donors (Lipinski definition) is 0. The number of aromatic nitrogens is 2. The van der Waals surface area contributed by atoms with Gasteiger partial charge in [0.15, 0.2) is 0 Å². The van der Waals surface area contributed by atoms with Crippen molar-refractivity contribution in [3.8, 4) is 11.3 Å². The second-order valence-electron chi connectivity index (χ2n) is 5.68. The first-order valence-electron chi connectivity index (χ1n) is 7.68. The molecule has 120 valence electrons. The van der Waals surface area contributed by atoms with E-state index in [1.807, 2.05) is 4.90 Å². The summed E-state index contributed by atoms with van der Waals surface area (Å²) in [6, 6.07) is 6.23. The molecule has 0 N–H and O–H groups in total. The highest BCUT2D eigenvalue weighted by atomic mass is 16.6. The molecule has 0 aliphatic carbocycles. The van der Waals surface area contributed by atoms with Gasteiger partial charge in [-0.15, -0.1) is 0 Å². The highest BCUT2D eigenvalue weighted by Gasteiger charge is 2.17. The van der Waals surface area contributed by atoms with E-state index in [0.717, 1.165) is 31.5 Å². The first-order valence-corrected chi connectivity index (χ1v) is 7.68. The van der Waals surface area contributed by atoms with Crippen LogP contribution in [-0.2, 0) is 11.3 Å². The van der Waals surface area contributed by atoms with Gasteiger partial charge in [-0.25, -0.2) is 4.98 Å². The van der Waals surface area contributed by atoms with Crippen LogP contribution in [0, 0.1) is 10.1 Å². The van der Waals surface area contributed by atoms with Gasteiger partial charge in [0.05, 0.1) is 16.9 Å². The third-order valence-electron chi connectivity index (χ3n) is 4.03. The molecule has 3 rings (SSSR count). The smallest absolute Gasteiger partial charge is 0.269 e. The second-order valence-corrected chi connectivity index (χ2v) is 5.68. The van der Waals surface area contributed by atoms with Gasteiger partial charge in [-0.1, -0.05) is 0 Å². The summed E-state index contributed by atoms with van der Waals surface area (Å²) < 4.78 is 1.76. The van der Waals surface area contributed by atoms with Crippen molar-refractivity contribution >= 4 is 11.6 Å². The zero-order valence-corrected chi connectivity index (χ0v) is 12.7. The summed E-state index contributed by atoms with van der Waals surface area (Å²) in [6.07, 6.45) is 6.76. The number of nitro benzene ring substituents is 1. The summed E-state index contributed by atoms with van der Waals surface area (Å²) in [5.41, 5.74) is 1.54. The lowest BCUT2D eigenvalue weighted by molar-refractivity contribution is -0.384. The summed E-state index contributed by atoms with van der Waals surface area (Å²) in [7, 11) is 0. The van der Waals surface area contributed by atoms with Crippen molar-refractivity contribution in [2.75, 3.05) is 13.1 Å². The van der Waals surface area contributed by atoms with Crippen LogP contribution in [0.5, 0.6) is 0 Å². The number of carbonyl (C=O) groups is 1. The highest BCUT2D eigenvalue weighted by Crippen LogP contribution is 2.20. The van der Waals surface area contributed by atoms with Gasteiger partial charge in [0.25, 0.3) is 5.69 Å². The minimum atomic E-state index is -0.431. The average Bonchev–Trinajstić information content (AvgIpc) is 3.04. The van der Waals surface area contributed by atoms with Gasteiger partial charge in [-0.3, -0.25) is 14.9 Å². The van der Waals surface area contributed by atoms with Crippen molar-refractivity contribution in [1.29, 1.82) is 0 Å². The minimum absolute atomic E-state index is 0.0495. The van der Waals surface area contributed by atoms with Crippen LogP contribution in [0.25, 0.3) is 11.3 Å². The number of non-ortho nitro benzene ring substituents is 1. The van der Waals surface area contributed by atoms with Gasteiger partial charge >= 0.3 is 0 Å². The van der Waals surface area contributed by atoms with Gasteiger partial charge in [0, 0.05) is 37.0 Å². The Labute approximate surface area is 133 Å². The summed E-state index contributed by atoms with van der Waals surface area (Å²) in [5.74, 6) is 0.109. The van der Waals surface area contributed by atoms with Gasteiger partial charge in [0.2, 0.25) is 5.91 Å². The number of piperidine rings is 1. The maximum atomic E-state index is 12.2. The molecule has 1 aromatic heterocycles. The predicted octanol–water partition coefficient (Wildman–Crippen LogP) is 2.47. The molecule has 23 heavy (non-hydrogen) atoms. The fourth-order valence-electron chi connectivity index (χ4n) is 2.75. The predicted molar refractivity (Wildman–Crippen MR) is 84.7 cm³/mol. The number of rotatable bonds is 4. The maximum Gasteiger partial charge on any atom is 0.269 e. The van der Waals surface area contributed by atoms with Crippen molar-refractivity contribution in [3.63, 3.8) is 0 Å². The molecule has 0 atom stereocenters. The topological polar surface area (TPSA) is 81.3 Å². The zero-order chi connectivity index (χ0) is 16.2. The van der Waals surface area contributed by atoms with E-state index < -0.39 is 4.92 Å². The van der Waals surface area contributed by atoms with Crippen LogP contribution in [0.15, 0.2) is 36.8 Å². The summed E-state index contributed by atoms with van der Waals surface area (Å²) >= 11 is 0. The number of imidazole rings is 1. The molecule has 1 fully saturated rings. The average molecular weight is 314 g/mol. The molecule has 1 saturated heterocycles. The van der Waals surface area contributed by atoms with Crippen LogP contribution in [0.1, 0.15) is 19.3 Å². The van der Waals surface area contributed by atoms with Crippen molar-refractivity contribution in [2.24, 2.45) is 0 Å². The molecule has 0 unspecified atom stereocenters. The Bertz CT molecular complexity index is 702. The Morgan fingerprint density at radius 2 is 1.87 bits per heavy atom. The molecule has 2 aromatic rings. The van der Waals surface area contributed by atoms with Crippen LogP contribution in [-0.4, -0.2) is 38.4 Å². The molecular weight excluding hydrogens is 296 g/mol. The Hall–Kier alpha value is -2.70. The second kappa shape index (κ2) is 6.60. The van der Waals surface area contributed by atoms with Crippen LogP contribution in [0.3, 0.4) is 0 Å². The summed E-state index contributed by atoms with van der Waals surface area (Å²) in [4.78, 5) is 28.7. The number of hydrogen-bond acceptors (Lipinski definition) is 4. The fourth-order valence-corrected chi connectivity index (χ4v) is 2.75. The highest BCUT2D eigenvalue weighted by molar-refractivity contribution is 5.76. The molecule has 1 amide bonds. The molecule has 7 heteroatoms. The van der Waals surface area contributed by atoms with E-state index in [9.17, 15) is 14.9 Å². The lowest BCUT2D eigenvalue weighted by Gasteiger charge is -2.26. The normalized spacial score (nSPS) is 14.7. The largest absolute Gasteiger partial charge is 0.341 e. The lowest BCUT2D eigenvalue weighted by Crippen LogP contribution is -2.37. The monoisotopic (exact) mass is 314 g/mol. The number of benzene rings is 1. The number of carbonyl (C=O) groups excluding carboxylic acids is 1. The number of nitro groups is 1. The number of amides is 1. The van der Waals surface area contributed by atoms with Crippen LogP contribution < -0.4 is 0 Å². The van der Waals surface area contributed by atoms with Crippen LogP contribution >= 0.6 is 0 Å². The molecule has 1 aliphatic heterocycles. The van der Waals surface area contributed by atoms with Gasteiger partial charge in [-0.05, 0) is 31.4 Å². The van der Waals surface area contributed by atoms with E-state index >= 15 is 0 Å². The van der Waals surface area contributed by atoms with Crippen molar-refractivity contribution < 1.29 is 9.72 Å². The third kappa shape index (κ3) is 3.56. The lowest BCUT2D eigenvalue weighted by atomic mass is 10.1. The maximum absolute atomic E-state index is 12.2. The van der Waals surface area contributed by atoms with Gasteiger partial charge in [0.1, 0.15) is 6.54 Å². The third-order valence-corrected chi connectivity index (χ3v) is 4.03. The molecular formula is C16H18N4O3. The van der Waals surface area contributed by atoms with Crippen LogP contribution in [0.2, 0.25) is 0 Å². The molecule has 1 aromatic carbocycles. The fraction of sp³-hybridized carbons (Fsp3) is 0.375. The van der Waals surface area contributed by atoms with Crippen LogP contribution in [0.4, 0.5) is 5.69 Å². The Morgan fingerprint density at radius 1 is 1.17 bits per heavy atom. The first kappa shape index (κ1) is 15.2. The summed E-state index contributed by atoms with van der Waals surface area (Å²) in [6.45, 7) is 1.95. The zero-order valence-electron chi connectivity index (χ0n) is 12.7. The quantitative estimate of drug-likeness (QED) is 0.641. The van der Waals surface area contributed by atoms with E-state index in [2.05, 4.69) is 4.98 Å². The summed E-state index contributed by atoms with van der Waals surface area (Å²) in [5, 5.41) is 10.7. The standard InChI is InChI=1S/C16H18N4O3/c21-16(19-8-2-1-3-9-19)11-18-10-15(17-12-18)13-4-6-14(7-5-13)20(22)23/h4-7,10,12H,1-3,8-9,11H2. The molecule has 7 nitrogen and oxygen atoms in total. The Balaban J connectivity index is 1.67. The van der Waals surface area contributed by atoms with Gasteiger partial charge < -0.3 is 9.47 Å². The number of nitrogens with zero attached hydrogens (tertiary/aromatic N) is 4. The van der Waals surface area contributed by atoms with Crippen molar-refractivity contribution in [1.82, 2.24) is 14.5 Å². The SMILES string of the molecule is O=C(Cn1cnc(-c2ccc([N+](=O)[O-])cc2)c1)N1CCCCC1. The molecule has 0 bridgehead atoms. The molecule has 1 aliphatic rings. The van der Waals surface area contributed by atoms with E-state index in [0.29, 0.717) is 5.69 Å². The van der Waals surface area contributed by atoms with E-state index in [1.54, 1.807) is 29.2 Å². The van der Waals surface area contributed by atoms with Crippen molar-refractivity contribution in [3.05, 3.63) is 46.9 Å². The first-order chi connectivity index (χ1) is 11.1. The number of likely N-dealkylation sites (tertiary alicyclic amines) is 1. The molecule has 2 heterocycles. The van der Waals surface area contributed by atoms with E-state index in [4.69, 9.17) is 0 Å². The molecule has 0 spiro atoms. The Morgan fingerprint density at radius 3 is 2.52 bits per heavy atom. The minimum Gasteiger partial charge on any atom is -0.341 e. The molecule has 0 radical (unpaired) electrons. The van der Waals surface area contributed by atoms with E-state index in [1.165, 1.54) is 18.6 Å². The van der Waals surface area contributed by atoms with Crippen molar-refractivity contribution in [2.45, 2.75) is 25.8 Å².